The Bertz CT molecular complexity index is 799. The zero-order chi connectivity index (χ0) is 17.6. The molecule has 25 heavy (non-hydrogen) atoms. The van der Waals surface area contributed by atoms with E-state index in [-0.39, 0.29) is 5.78 Å². The molecule has 0 spiro atoms. The fraction of sp³-hybridized carbons (Fsp3) is 0.400. The van der Waals surface area contributed by atoms with Gasteiger partial charge in [0.25, 0.3) is 0 Å². The lowest BCUT2D eigenvalue weighted by Crippen LogP contribution is -2.08. The van der Waals surface area contributed by atoms with Gasteiger partial charge in [0.15, 0.2) is 0 Å². The van der Waals surface area contributed by atoms with Gasteiger partial charge in [-0.1, -0.05) is 0 Å². The Morgan fingerprint density at radius 1 is 1.28 bits per heavy atom. The zero-order valence-corrected chi connectivity index (χ0v) is 14.8. The van der Waals surface area contributed by atoms with E-state index in [9.17, 15) is 4.79 Å². The van der Waals surface area contributed by atoms with Crippen LogP contribution in [0.4, 0.5) is 0 Å². The van der Waals surface area contributed by atoms with E-state index >= 15 is 0 Å². The van der Waals surface area contributed by atoms with Crippen LogP contribution in [0.3, 0.4) is 0 Å². The number of ether oxygens (including phenoxy) is 1. The number of aryl methyl sites for hydroxylation is 1. The maximum absolute atomic E-state index is 12.1. The molecule has 5 nitrogen and oxygen atoms in total. The van der Waals surface area contributed by atoms with Crippen LogP contribution in [0.1, 0.15) is 47.8 Å². The van der Waals surface area contributed by atoms with Crippen LogP contribution in [0.2, 0.25) is 0 Å². The number of aliphatic imine (C=N–C) groups is 1. The van der Waals surface area contributed by atoms with Crippen molar-refractivity contribution in [1.82, 2.24) is 9.97 Å². The summed E-state index contributed by atoms with van der Waals surface area (Å²) in [4.78, 5) is 25.4. The number of carbonyl (C=O) groups excluding carboxylic acids is 1. The predicted octanol–water partition coefficient (Wildman–Crippen LogP) is 3.06. The van der Waals surface area contributed by atoms with Gasteiger partial charge in [-0.2, -0.15) is 0 Å². The van der Waals surface area contributed by atoms with Gasteiger partial charge in [0, 0.05) is 61.0 Å². The summed E-state index contributed by atoms with van der Waals surface area (Å²) in [5.74, 6) is 0.205. The topological polar surface area (TPSA) is 64.4 Å². The molecule has 2 aromatic rings. The van der Waals surface area contributed by atoms with Gasteiger partial charge in [-0.25, -0.2) is 0 Å². The summed E-state index contributed by atoms with van der Waals surface area (Å²) in [6.45, 7) is 5.90. The molecule has 0 saturated carbocycles. The molecule has 0 bridgehead atoms. The van der Waals surface area contributed by atoms with Crippen molar-refractivity contribution in [2.45, 2.75) is 39.7 Å². The van der Waals surface area contributed by atoms with E-state index in [0.717, 1.165) is 40.2 Å². The fourth-order valence-electron chi connectivity index (χ4n) is 2.98. The Kier molecular flexibility index (Phi) is 5.66. The highest BCUT2D eigenvalue weighted by Gasteiger charge is 2.19. The molecule has 3 rings (SSSR count). The van der Waals surface area contributed by atoms with Crippen LogP contribution >= 0.6 is 0 Å². The standard InChI is InChI=1S/C20H23N3O2/c1-3-25-8-4-5-18(24)11-17-10-16-12-23-20(19(16)13-22-17)15-6-7-21-14(2)9-15/h6-7,9-10,13H,3-5,8,11-12H2,1-2H3. The summed E-state index contributed by atoms with van der Waals surface area (Å²) in [6.07, 6.45) is 5.33. The Labute approximate surface area is 148 Å². The number of pyridine rings is 2. The van der Waals surface area contributed by atoms with E-state index in [2.05, 4.69) is 15.0 Å². The summed E-state index contributed by atoms with van der Waals surface area (Å²) in [5, 5.41) is 0. The van der Waals surface area contributed by atoms with E-state index < -0.39 is 0 Å². The lowest BCUT2D eigenvalue weighted by atomic mass is 10.0. The first-order valence-electron chi connectivity index (χ1n) is 8.72. The molecule has 0 atom stereocenters. The minimum absolute atomic E-state index is 0.205. The van der Waals surface area contributed by atoms with Gasteiger partial charge >= 0.3 is 0 Å². The SMILES string of the molecule is CCOCCCC(=O)Cc1cc2c(cn1)C(c1ccnc(C)c1)=NC2. The van der Waals surface area contributed by atoms with Crippen LogP contribution in [0, 0.1) is 6.92 Å². The first kappa shape index (κ1) is 17.4. The molecule has 0 N–H and O–H groups in total. The second-order valence-electron chi connectivity index (χ2n) is 6.20. The molecule has 130 valence electrons. The van der Waals surface area contributed by atoms with E-state index in [1.807, 2.05) is 38.2 Å². The van der Waals surface area contributed by atoms with E-state index in [4.69, 9.17) is 4.74 Å². The molecule has 0 saturated heterocycles. The van der Waals surface area contributed by atoms with Crippen molar-refractivity contribution in [2.24, 2.45) is 4.99 Å². The second kappa shape index (κ2) is 8.12. The summed E-state index contributed by atoms with van der Waals surface area (Å²) in [7, 11) is 0. The minimum atomic E-state index is 0.205. The highest BCUT2D eigenvalue weighted by atomic mass is 16.5. The summed E-state index contributed by atoms with van der Waals surface area (Å²) < 4.78 is 5.27. The number of fused-ring (bicyclic) bond motifs is 1. The monoisotopic (exact) mass is 337 g/mol. The Hall–Kier alpha value is -2.40. The van der Waals surface area contributed by atoms with Crippen LogP contribution in [0.15, 0.2) is 35.6 Å². The molecule has 0 radical (unpaired) electrons. The van der Waals surface area contributed by atoms with Crippen LogP contribution in [-0.4, -0.2) is 34.7 Å². The number of hydrogen-bond donors (Lipinski definition) is 0. The van der Waals surface area contributed by atoms with Crippen LogP contribution in [-0.2, 0) is 22.5 Å². The first-order valence-corrected chi connectivity index (χ1v) is 8.72. The average molecular weight is 337 g/mol. The number of aromatic nitrogens is 2. The van der Waals surface area contributed by atoms with Gasteiger partial charge in [0.2, 0.25) is 0 Å². The molecule has 1 aliphatic heterocycles. The third-order valence-electron chi connectivity index (χ3n) is 4.21. The third kappa shape index (κ3) is 4.37. The van der Waals surface area contributed by atoms with Crippen molar-refractivity contribution >= 4 is 11.5 Å². The van der Waals surface area contributed by atoms with Crippen molar-refractivity contribution < 1.29 is 9.53 Å². The number of nitrogens with zero attached hydrogens (tertiary/aromatic N) is 3. The van der Waals surface area contributed by atoms with Crippen LogP contribution in [0.25, 0.3) is 0 Å². The average Bonchev–Trinajstić information content (AvgIpc) is 3.02. The first-order chi connectivity index (χ1) is 12.2. The highest BCUT2D eigenvalue weighted by molar-refractivity contribution is 6.15. The Morgan fingerprint density at radius 3 is 2.96 bits per heavy atom. The molecule has 0 aromatic carbocycles. The van der Waals surface area contributed by atoms with Crippen molar-refractivity contribution in [3.05, 3.63) is 58.7 Å². The summed E-state index contributed by atoms with van der Waals surface area (Å²) >= 11 is 0. The highest BCUT2D eigenvalue weighted by Crippen LogP contribution is 2.23. The predicted molar refractivity (Wildman–Crippen MR) is 97.0 cm³/mol. The van der Waals surface area contributed by atoms with Gasteiger partial charge < -0.3 is 4.74 Å². The fourth-order valence-corrected chi connectivity index (χ4v) is 2.98. The van der Waals surface area contributed by atoms with Crippen molar-refractivity contribution in [1.29, 1.82) is 0 Å². The lowest BCUT2D eigenvalue weighted by molar-refractivity contribution is -0.118. The molecule has 0 aliphatic carbocycles. The number of ketones is 1. The summed E-state index contributed by atoms with van der Waals surface area (Å²) in [5.41, 5.74) is 6.00. The number of Topliss-reactive ketones (excluding diaryl/α,β-unsaturated/α-hetero) is 1. The molecule has 0 amide bonds. The largest absolute Gasteiger partial charge is 0.382 e. The van der Waals surface area contributed by atoms with Crippen LogP contribution < -0.4 is 0 Å². The lowest BCUT2D eigenvalue weighted by Gasteiger charge is -2.07. The quantitative estimate of drug-likeness (QED) is 0.695. The van der Waals surface area contributed by atoms with E-state index in [0.29, 0.717) is 32.6 Å². The smallest absolute Gasteiger partial charge is 0.138 e. The van der Waals surface area contributed by atoms with Gasteiger partial charge in [0.05, 0.1) is 12.3 Å². The van der Waals surface area contributed by atoms with Crippen molar-refractivity contribution in [3.8, 4) is 0 Å². The number of hydrogen-bond acceptors (Lipinski definition) is 5. The van der Waals surface area contributed by atoms with Gasteiger partial charge in [-0.05, 0) is 44.0 Å². The molecular formula is C20H23N3O2. The molecular weight excluding hydrogens is 314 g/mol. The molecule has 3 heterocycles. The van der Waals surface area contributed by atoms with Gasteiger partial charge in [-0.3, -0.25) is 19.8 Å². The van der Waals surface area contributed by atoms with Gasteiger partial charge in [-0.15, -0.1) is 0 Å². The summed E-state index contributed by atoms with van der Waals surface area (Å²) in [6, 6.07) is 6.01. The number of carbonyl (C=O) groups is 1. The normalized spacial score (nSPS) is 12.8. The van der Waals surface area contributed by atoms with Crippen LogP contribution in [0.5, 0.6) is 0 Å². The number of rotatable bonds is 8. The molecule has 2 aromatic heterocycles. The maximum Gasteiger partial charge on any atom is 0.138 e. The molecule has 0 fully saturated rings. The Balaban J connectivity index is 1.66. The third-order valence-corrected chi connectivity index (χ3v) is 4.21. The molecule has 0 unspecified atom stereocenters. The van der Waals surface area contributed by atoms with E-state index in [1.165, 1.54) is 0 Å². The second-order valence-corrected chi connectivity index (χ2v) is 6.20. The van der Waals surface area contributed by atoms with Gasteiger partial charge in [0.1, 0.15) is 5.78 Å². The maximum atomic E-state index is 12.1. The molecule has 5 heteroatoms. The zero-order valence-electron chi connectivity index (χ0n) is 14.8. The van der Waals surface area contributed by atoms with E-state index in [1.54, 1.807) is 6.20 Å². The van der Waals surface area contributed by atoms with Crippen molar-refractivity contribution in [3.63, 3.8) is 0 Å². The molecule has 1 aliphatic rings. The minimum Gasteiger partial charge on any atom is -0.382 e. The Morgan fingerprint density at radius 2 is 2.16 bits per heavy atom. The van der Waals surface area contributed by atoms with Crippen molar-refractivity contribution in [2.75, 3.05) is 13.2 Å².